The van der Waals surface area contributed by atoms with E-state index in [2.05, 4.69) is 68.5 Å². The van der Waals surface area contributed by atoms with Crippen LogP contribution < -0.4 is 20.8 Å². The number of aromatic nitrogens is 3. The number of anilines is 1. The van der Waals surface area contributed by atoms with Gasteiger partial charge in [-0.05, 0) is 79.4 Å². The number of nitrogens with zero attached hydrogens (tertiary/aromatic N) is 4. The van der Waals surface area contributed by atoms with Crippen molar-refractivity contribution < 1.29 is 18.7 Å². The van der Waals surface area contributed by atoms with Crippen molar-refractivity contribution in [3.05, 3.63) is 71.3 Å². The number of rotatable bonds is 12. The van der Waals surface area contributed by atoms with Crippen LogP contribution in [0.4, 0.5) is 11.4 Å². The Hall–Kier alpha value is -4.26. The molecule has 48 heavy (non-hydrogen) atoms. The average molecular weight is 672 g/mol. The summed E-state index contributed by atoms with van der Waals surface area (Å²) < 4.78 is 19.1. The molecule has 11 nitrogen and oxygen atoms in total. The van der Waals surface area contributed by atoms with Crippen LogP contribution in [0.1, 0.15) is 61.3 Å². The van der Waals surface area contributed by atoms with Crippen molar-refractivity contribution in [3.63, 3.8) is 0 Å². The van der Waals surface area contributed by atoms with Gasteiger partial charge in [-0.3, -0.25) is 9.78 Å². The number of hydrogen-bond donors (Lipinski definition) is 3. The maximum absolute atomic E-state index is 12.6. The van der Waals surface area contributed by atoms with Gasteiger partial charge in [0.15, 0.2) is 0 Å². The number of ether oxygens (including phenoxy) is 2. The maximum Gasteiger partial charge on any atom is 0.269 e. The minimum absolute atomic E-state index is 0.0952. The average Bonchev–Trinajstić information content (AvgIpc) is 3.71. The molecule has 1 aliphatic rings. The number of fused-ring (bicyclic) bond motifs is 1. The largest absolute Gasteiger partial charge is 0.543 e. The number of pyridine rings is 1. The normalized spacial score (nSPS) is 15.6. The molecule has 0 radical (unpaired) electrons. The summed E-state index contributed by atoms with van der Waals surface area (Å²) in [6.07, 6.45) is 7.11. The molecule has 5 rings (SSSR count). The van der Waals surface area contributed by atoms with E-state index in [4.69, 9.17) is 29.7 Å². The van der Waals surface area contributed by atoms with Crippen LogP contribution in [-0.4, -0.2) is 74.2 Å². The summed E-state index contributed by atoms with van der Waals surface area (Å²) in [5.74, 6) is 0.996. The van der Waals surface area contributed by atoms with Gasteiger partial charge in [0.05, 0.1) is 47.9 Å². The molecule has 0 unspecified atom stereocenters. The molecular weight excluding hydrogens is 623 g/mol. The lowest BCUT2D eigenvalue weighted by Crippen LogP contribution is -2.43. The Bertz CT molecular complexity index is 1810. The van der Waals surface area contributed by atoms with Crippen LogP contribution in [0, 0.1) is 6.92 Å². The molecule has 12 heteroatoms. The zero-order valence-corrected chi connectivity index (χ0v) is 30.4. The van der Waals surface area contributed by atoms with E-state index < -0.39 is 8.32 Å². The molecule has 1 aliphatic heterocycles. The van der Waals surface area contributed by atoms with E-state index in [0.717, 1.165) is 57.7 Å². The topological polar surface area (TPSA) is 137 Å². The number of aryl methyl sites for hydroxylation is 2. The van der Waals surface area contributed by atoms with E-state index >= 15 is 0 Å². The van der Waals surface area contributed by atoms with Crippen molar-refractivity contribution in [3.8, 4) is 16.9 Å². The molecular formula is C36H49N7O4Si. The van der Waals surface area contributed by atoms with Gasteiger partial charge in [0.25, 0.3) is 5.91 Å². The quantitative estimate of drug-likeness (QED) is 0.0694. The molecule has 0 saturated carbocycles. The number of amidine groups is 1. The summed E-state index contributed by atoms with van der Waals surface area (Å²) in [6.45, 7) is 17.5. The summed E-state index contributed by atoms with van der Waals surface area (Å²) in [4.78, 5) is 22.0. The number of carbonyl (C=O) groups excluding carboxylic acids is 1. The Morgan fingerprint density at radius 2 is 2.00 bits per heavy atom. The molecule has 1 saturated heterocycles. The molecule has 1 fully saturated rings. The third-order valence-electron chi connectivity index (χ3n) is 9.29. The summed E-state index contributed by atoms with van der Waals surface area (Å²) in [5, 5.41) is 11.3. The van der Waals surface area contributed by atoms with Crippen LogP contribution in [0.25, 0.3) is 16.6 Å². The second-order valence-electron chi connectivity index (χ2n) is 13.8. The Balaban J connectivity index is 1.50. The van der Waals surface area contributed by atoms with Crippen LogP contribution in [0.15, 0.2) is 53.9 Å². The molecule has 4 heterocycles. The Kier molecular flexibility index (Phi) is 10.6. The minimum Gasteiger partial charge on any atom is -0.543 e. The molecule has 0 spiro atoms. The Labute approximate surface area is 284 Å². The zero-order valence-electron chi connectivity index (χ0n) is 29.4. The highest BCUT2D eigenvalue weighted by molar-refractivity contribution is 6.74. The molecule has 1 amide bonds. The number of methoxy groups -OCH3 is 1. The van der Waals surface area contributed by atoms with Crippen LogP contribution >= 0.6 is 0 Å². The lowest BCUT2D eigenvalue weighted by molar-refractivity contribution is 0.0932. The maximum atomic E-state index is 12.6. The minimum atomic E-state index is -1.99. The predicted molar refractivity (Wildman–Crippen MR) is 194 cm³/mol. The van der Waals surface area contributed by atoms with Gasteiger partial charge in [-0.25, -0.2) is 9.51 Å². The molecule has 256 valence electrons. The number of nitrogens with two attached hydrogens (primary N) is 1. The number of aliphatic imine (C=N–C) groups is 1. The Morgan fingerprint density at radius 3 is 2.67 bits per heavy atom. The summed E-state index contributed by atoms with van der Waals surface area (Å²) in [6, 6.07) is 10.1. The highest BCUT2D eigenvalue weighted by Gasteiger charge is 2.39. The molecule has 3 aromatic heterocycles. The highest BCUT2D eigenvalue weighted by atomic mass is 28.4. The van der Waals surface area contributed by atoms with Crippen LogP contribution in [0.5, 0.6) is 5.75 Å². The van der Waals surface area contributed by atoms with Crippen molar-refractivity contribution in [2.24, 2.45) is 10.7 Å². The van der Waals surface area contributed by atoms with Gasteiger partial charge >= 0.3 is 0 Å². The first-order valence-electron chi connectivity index (χ1n) is 16.6. The predicted octanol–water partition coefficient (Wildman–Crippen LogP) is 6.27. The van der Waals surface area contributed by atoms with E-state index in [0.29, 0.717) is 43.5 Å². The number of carbonyl (C=O) groups is 1. The van der Waals surface area contributed by atoms with E-state index in [1.54, 1.807) is 25.6 Å². The van der Waals surface area contributed by atoms with Crippen molar-refractivity contribution >= 4 is 37.0 Å². The highest BCUT2D eigenvalue weighted by Crippen LogP contribution is 2.38. The van der Waals surface area contributed by atoms with Crippen LogP contribution in [-0.2, 0) is 15.9 Å². The lowest BCUT2D eigenvalue weighted by Gasteiger charge is -2.36. The molecule has 0 aliphatic carbocycles. The van der Waals surface area contributed by atoms with Gasteiger partial charge in [0.2, 0.25) is 8.32 Å². The van der Waals surface area contributed by atoms with Gasteiger partial charge in [0.1, 0.15) is 17.3 Å². The molecule has 4 aromatic rings. The molecule has 1 atom stereocenters. The van der Waals surface area contributed by atoms with Gasteiger partial charge in [0, 0.05) is 43.8 Å². The first-order chi connectivity index (χ1) is 22.8. The fraction of sp³-hybridized carbons (Fsp3) is 0.444. The van der Waals surface area contributed by atoms with Gasteiger partial charge in [-0.1, -0.05) is 27.7 Å². The standard InChI is InChI=1S/C36H49N7O4Si/c1-9-24-17-27(47-48(7,8)36(3,4)5)10-11-30(24)42-34(37)29-20-40-43-21-25(18-32(43)33(29)41-26-12-14-46-22-26)28-19-39-31(16-23(28)2)35(44)38-13-15-45-6/h10-11,16-21,26,41H,9,12-15,22H2,1-8H3,(H2,37,42)(H,38,44)/t26-/m0/s1. The second-order valence-corrected chi connectivity index (χ2v) is 18.6. The molecule has 4 N–H and O–H groups in total. The lowest BCUT2D eigenvalue weighted by atomic mass is 10.0. The smallest absolute Gasteiger partial charge is 0.269 e. The number of benzene rings is 1. The fourth-order valence-corrected chi connectivity index (χ4v) is 6.42. The van der Waals surface area contributed by atoms with Gasteiger partial charge in [-0.2, -0.15) is 5.10 Å². The molecule has 0 bridgehead atoms. The zero-order chi connectivity index (χ0) is 34.6. The van der Waals surface area contributed by atoms with Crippen LogP contribution in [0.3, 0.4) is 0 Å². The third-order valence-corrected chi connectivity index (χ3v) is 13.6. The summed E-state index contributed by atoms with van der Waals surface area (Å²) in [7, 11) is -0.394. The monoisotopic (exact) mass is 671 g/mol. The van der Waals surface area contributed by atoms with Crippen molar-refractivity contribution in [2.45, 2.75) is 71.6 Å². The van der Waals surface area contributed by atoms with Gasteiger partial charge in [-0.15, -0.1) is 0 Å². The van der Waals surface area contributed by atoms with E-state index in [1.807, 2.05) is 29.8 Å². The van der Waals surface area contributed by atoms with Crippen LogP contribution in [0.2, 0.25) is 18.1 Å². The molecule has 1 aromatic carbocycles. The second kappa shape index (κ2) is 14.5. The van der Waals surface area contributed by atoms with Crippen molar-refractivity contribution in [2.75, 3.05) is 38.8 Å². The number of nitrogens with one attached hydrogen (secondary N) is 2. The van der Waals surface area contributed by atoms with E-state index in [1.165, 1.54) is 0 Å². The van der Waals surface area contributed by atoms with E-state index in [-0.39, 0.29) is 17.0 Å². The first-order valence-corrected chi connectivity index (χ1v) is 19.5. The SMILES string of the molecule is CCc1cc(O[Si](C)(C)C(C)(C)C)ccc1N=C(N)c1cnn2cc(-c3cnc(C(=O)NCCOC)cc3C)cc2c1N[C@H]1CCOC1. The number of hydrogen-bond acceptors (Lipinski definition) is 8. The summed E-state index contributed by atoms with van der Waals surface area (Å²) >= 11 is 0. The van der Waals surface area contributed by atoms with Crippen molar-refractivity contribution in [1.29, 1.82) is 0 Å². The number of amides is 1. The summed E-state index contributed by atoms with van der Waals surface area (Å²) in [5.41, 5.74) is 14.2. The fourth-order valence-electron chi connectivity index (χ4n) is 5.40. The van der Waals surface area contributed by atoms with Crippen molar-refractivity contribution in [1.82, 2.24) is 19.9 Å². The first kappa shape index (κ1) is 35.1. The van der Waals surface area contributed by atoms with E-state index in [9.17, 15) is 4.79 Å². The van der Waals surface area contributed by atoms with Gasteiger partial charge < -0.3 is 30.3 Å². The third kappa shape index (κ3) is 7.72. The Morgan fingerprint density at radius 1 is 1.21 bits per heavy atom.